The van der Waals surface area contributed by atoms with Crippen LogP contribution in [0.1, 0.15) is 46.0 Å². The first-order valence-corrected chi connectivity index (χ1v) is 9.12. The number of thiol groups is 1. The van der Waals surface area contributed by atoms with Gasteiger partial charge in [-0.25, -0.2) is 0 Å². The first kappa shape index (κ1) is 15.4. The van der Waals surface area contributed by atoms with Crippen molar-refractivity contribution in [1.29, 1.82) is 0 Å². The summed E-state index contributed by atoms with van der Waals surface area (Å²) in [6, 6.07) is 0. The van der Waals surface area contributed by atoms with E-state index >= 15 is 0 Å². The molecule has 0 saturated heterocycles. The van der Waals surface area contributed by atoms with Crippen molar-refractivity contribution in [2.45, 2.75) is 46.0 Å². The largest absolute Gasteiger partial charge is 0.299 e. The van der Waals surface area contributed by atoms with E-state index in [2.05, 4.69) is 39.1 Å². The molecule has 0 aromatic heterocycles. The van der Waals surface area contributed by atoms with E-state index in [0.29, 0.717) is 28.4 Å². The monoisotopic (exact) mass is 328 g/mol. The van der Waals surface area contributed by atoms with Crippen LogP contribution in [0.15, 0.2) is 34.8 Å². The first-order valence-electron chi connectivity index (χ1n) is 8.68. The molecule has 0 radical (unpaired) electrons. The molecule has 23 heavy (non-hydrogen) atoms. The summed E-state index contributed by atoms with van der Waals surface area (Å²) in [4.78, 5) is 25.1. The number of carbonyl (C=O) groups excluding carboxylic acids is 2. The van der Waals surface area contributed by atoms with Gasteiger partial charge in [0.1, 0.15) is 5.78 Å². The zero-order chi connectivity index (χ0) is 16.6. The average molecular weight is 328 g/mol. The highest BCUT2D eigenvalue weighted by Gasteiger charge is 2.59. The lowest BCUT2D eigenvalue weighted by atomic mass is 9.48. The van der Waals surface area contributed by atoms with Crippen LogP contribution in [0.5, 0.6) is 0 Å². The van der Waals surface area contributed by atoms with Gasteiger partial charge in [-0.05, 0) is 60.7 Å². The summed E-state index contributed by atoms with van der Waals surface area (Å²) in [5.41, 5.74) is 1.83. The summed E-state index contributed by atoms with van der Waals surface area (Å²) < 4.78 is 0. The molecule has 0 N–H and O–H groups in total. The molecule has 0 aromatic rings. The van der Waals surface area contributed by atoms with Gasteiger partial charge in [-0.3, -0.25) is 9.59 Å². The molecule has 0 aliphatic heterocycles. The Labute approximate surface area is 143 Å². The van der Waals surface area contributed by atoms with E-state index in [1.54, 1.807) is 6.08 Å². The molecule has 3 saturated carbocycles. The molecule has 0 bridgehead atoms. The first-order chi connectivity index (χ1) is 10.8. The number of hydrogen-bond acceptors (Lipinski definition) is 3. The fourth-order valence-corrected chi connectivity index (χ4v) is 6.59. The van der Waals surface area contributed by atoms with Crippen molar-refractivity contribution in [1.82, 2.24) is 0 Å². The lowest BCUT2D eigenvalue weighted by Crippen LogP contribution is -2.50. The van der Waals surface area contributed by atoms with Gasteiger partial charge >= 0.3 is 0 Å². The molecule has 0 amide bonds. The maximum atomic E-state index is 12.4. The second-order valence-electron chi connectivity index (χ2n) is 8.31. The Morgan fingerprint density at radius 3 is 2.70 bits per heavy atom. The van der Waals surface area contributed by atoms with E-state index in [9.17, 15) is 9.59 Å². The number of allylic oxidation sites excluding steroid dienone is 5. The van der Waals surface area contributed by atoms with Gasteiger partial charge in [-0.2, -0.15) is 0 Å². The van der Waals surface area contributed by atoms with E-state index in [1.165, 1.54) is 0 Å². The molecule has 0 aromatic carbocycles. The Hall–Kier alpha value is -1.09. The highest BCUT2D eigenvalue weighted by Crippen LogP contribution is 2.65. The summed E-state index contributed by atoms with van der Waals surface area (Å²) in [6.07, 6.45) is 8.49. The summed E-state index contributed by atoms with van der Waals surface area (Å²) in [7, 11) is 0. The van der Waals surface area contributed by atoms with E-state index < -0.39 is 0 Å². The van der Waals surface area contributed by atoms with Crippen molar-refractivity contribution in [3.63, 3.8) is 0 Å². The SMILES string of the molecule is C=C1C[C@@H]2[C@H](CC[C@]3(C)C(=O)CC[C@@H]23)[C@@]2(C)C=CC(=O)C(S)=C12. The van der Waals surface area contributed by atoms with Crippen molar-refractivity contribution >= 4 is 24.2 Å². The number of Topliss-reactive ketones (excluding diaryl/α,β-unsaturated/α-hetero) is 1. The molecule has 4 rings (SSSR count). The Morgan fingerprint density at radius 2 is 1.96 bits per heavy atom. The van der Waals surface area contributed by atoms with Crippen LogP contribution in [0.25, 0.3) is 0 Å². The normalized spacial score (nSPS) is 45.9. The average Bonchev–Trinajstić information content (AvgIpc) is 2.79. The van der Waals surface area contributed by atoms with Gasteiger partial charge < -0.3 is 0 Å². The number of fused-ring (bicyclic) bond motifs is 5. The number of ketones is 2. The van der Waals surface area contributed by atoms with Crippen molar-refractivity contribution in [2.75, 3.05) is 0 Å². The van der Waals surface area contributed by atoms with Crippen molar-refractivity contribution < 1.29 is 9.59 Å². The lowest BCUT2D eigenvalue weighted by Gasteiger charge is -2.56. The molecule has 4 aliphatic rings. The maximum Gasteiger partial charge on any atom is 0.191 e. The van der Waals surface area contributed by atoms with Crippen LogP contribution in [0.2, 0.25) is 0 Å². The third-order valence-electron chi connectivity index (χ3n) is 7.34. The Kier molecular flexibility index (Phi) is 3.17. The maximum absolute atomic E-state index is 12.4. The van der Waals surface area contributed by atoms with Crippen LogP contribution in [0.4, 0.5) is 0 Å². The van der Waals surface area contributed by atoms with Crippen LogP contribution in [-0.2, 0) is 9.59 Å². The van der Waals surface area contributed by atoms with Gasteiger partial charge in [-0.15, -0.1) is 12.6 Å². The molecule has 0 heterocycles. The van der Waals surface area contributed by atoms with Gasteiger partial charge in [-0.1, -0.05) is 26.5 Å². The minimum absolute atomic E-state index is 0.00268. The van der Waals surface area contributed by atoms with Gasteiger partial charge in [0, 0.05) is 17.3 Å². The lowest BCUT2D eigenvalue weighted by molar-refractivity contribution is -0.131. The number of carbonyl (C=O) groups is 2. The molecule has 3 heteroatoms. The minimum Gasteiger partial charge on any atom is -0.299 e. The molecule has 122 valence electrons. The predicted octanol–water partition coefficient (Wildman–Crippen LogP) is 4.29. The molecular formula is C20H24O2S. The molecule has 0 spiro atoms. The zero-order valence-corrected chi connectivity index (χ0v) is 14.8. The topological polar surface area (TPSA) is 34.1 Å². The smallest absolute Gasteiger partial charge is 0.191 e. The molecule has 3 fully saturated rings. The van der Waals surface area contributed by atoms with Gasteiger partial charge in [0.05, 0.1) is 4.91 Å². The van der Waals surface area contributed by atoms with Crippen molar-refractivity contribution in [3.8, 4) is 0 Å². The fourth-order valence-electron chi connectivity index (χ4n) is 6.12. The van der Waals surface area contributed by atoms with Gasteiger partial charge in [0.15, 0.2) is 5.78 Å². The Balaban J connectivity index is 1.81. The summed E-state index contributed by atoms with van der Waals surface area (Å²) in [6.45, 7) is 8.72. The summed E-state index contributed by atoms with van der Waals surface area (Å²) >= 11 is 4.52. The standard InChI is InChI=1S/C20H24O2S/c1-11-10-12-13-4-5-16(22)19(13,2)8-6-14(12)20(3)9-7-15(21)18(23)17(11)20/h7,9,12-14,23H,1,4-6,8,10H2,2-3H3/t12-,13-,14-,19-,20+/m0/s1. The second-order valence-corrected chi connectivity index (χ2v) is 8.75. The van der Waals surface area contributed by atoms with E-state index in [-0.39, 0.29) is 16.6 Å². The van der Waals surface area contributed by atoms with Crippen molar-refractivity contribution in [2.24, 2.45) is 28.6 Å². The summed E-state index contributed by atoms with van der Waals surface area (Å²) in [5, 5.41) is 0. The van der Waals surface area contributed by atoms with Gasteiger partial charge in [0.2, 0.25) is 0 Å². The third kappa shape index (κ3) is 1.83. The fraction of sp³-hybridized carbons (Fsp3) is 0.600. The molecular weight excluding hydrogens is 304 g/mol. The van der Waals surface area contributed by atoms with E-state index in [1.807, 2.05) is 0 Å². The van der Waals surface area contributed by atoms with E-state index in [4.69, 9.17) is 0 Å². The predicted molar refractivity (Wildman–Crippen MR) is 94.1 cm³/mol. The highest BCUT2D eigenvalue weighted by molar-refractivity contribution is 7.85. The molecule has 5 atom stereocenters. The molecule has 0 unspecified atom stereocenters. The van der Waals surface area contributed by atoms with Crippen LogP contribution < -0.4 is 0 Å². The number of rotatable bonds is 0. The molecule has 2 nitrogen and oxygen atoms in total. The Bertz CT molecular complexity index is 700. The van der Waals surface area contributed by atoms with E-state index in [0.717, 1.165) is 43.3 Å². The van der Waals surface area contributed by atoms with Gasteiger partial charge in [0.25, 0.3) is 0 Å². The van der Waals surface area contributed by atoms with Crippen LogP contribution in [0, 0.1) is 28.6 Å². The van der Waals surface area contributed by atoms with Crippen LogP contribution in [-0.4, -0.2) is 11.6 Å². The molecule has 4 aliphatic carbocycles. The highest BCUT2D eigenvalue weighted by atomic mass is 32.1. The van der Waals surface area contributed by atoms with Crippen LogP contribution in [0.3, 0.4) is 0 Å². The Morgan fingerprint density at radius 1 is 1.22 bits per heavy atom. The summed E-state index contributed by atoms with van der Waals surface area (Å²) in [5.74, 6) is 1.91. The second kappa shape index (κ2) is 4.72. The number of hydrogen-bond donors (Lipinski definition) is 1. The minimum atomic E-state index is -0.155. The van der Waals surface area contributed by atoms with Crippen molar-refractivity contribution in [3.05, 3.63) is 34.8 Å². The zero-order valence-electron chi connectivity index (χ0n) is 13.9. The third-order valence-corrected chi connectivity index (χ3v) is 7.79. The van der Waals surface area contributed by atoms with Crippen LogP contribution >= 0.6 is 12.6 Å². The quantitative estimate of drug-likeness (QED) is 0.673.